The minimum absolute atomic E-state index is 0.248. The van der Waals surface area contributed by atoms with E-state index in [4.69, 9.17) is 18.0 Å². The van der Waals surface area contributed by atoms with E-state index < -0.39 is 0 Å². The third-order valence-electron chi connectivity index (χ3n) is 2.80. The van der Waals surface area contributed by atoms with Crippen molar-refractivity contribution in [3.8, 4) is 0 Å². The van der Waals surface area contributed by atoms with E-state index in [-0.39, 0.29) is 10.8 Å². The van der Waals surface area contributed by atoms with Crippen molar-refractivity contribution in [2.45, 2.75) is 6.54 Å². The van der Waals surface area contributed by atoms with Crippen LogP contribution < -0.4 is 10.6 Å². The first kappa shape index (κ1) is 13.4. The number of hydrogen-bond acceptors (Lipinski definition) is 3. The molecule has 0 spiro atoms. The van der Waals surface area contributed by atoms with Gasteiger partial charge >= 0.3 is 0 Å². The van der Waals surface area contributed by atoms with Crippen molar-refractivity contribution in [3.05, 3.63) is 59.7 Å². The van der Waals surface area contributed by atoms with Crippen molar-refractivity contribution in [2.75, 3.05) is 11.9 Å². The largest absolute Gasteiger partial charge is 0.388 e. The second kappa shape index (κ2) is 5.75. The average Bonchev–Trinajstić information content (AvgIpc) is 2.39. The summed E-state index contributed by atoms with van der Waals surface area (Å²) in [5, 5.41) is 0. The summed E-state index contributed by atoms with van der Waals surface area (Å²) in [6.07, 6.45) is 1.66. The van der Waals surface area contributed by atoms with Crippen LogP contribution in [0.4, 0.5) is 10.1 Å². The third-order valence-corrected chi connectivity index (χ3v) is 2.99. The molecule has 0 radical (unpaired) electrons. The van der Waals surface area contributed by atoms with Crippen LogP contribution in [0.1, 0.15) is 11.3 Å². The van der Waals surface area contributed by atoms with Gasteiger partial charge in [0.25, 0.3) is 0 Å². The fraction of sp³-hybridized carbons (Fsp3) is 0.143. The van der Waals surface area contributed by atoms with Gasteiger partial charge in [0.2, 0.25) is 0 Å². The Hall–Kier alpha value is -2.01. The lowest BCUT2D eigenvalue weighted by atomic mass is 10.1. The lowest BCUT2D eigenvalue weighted by Crippen LogP contribution is -2.21. The number of halogens is 1. The molecule has 98 valence electrons. The number of anilines is 1. The minimum Gasteiger partial charge on any atom is -0.388 e. The molecule has 1 aromatic carbocycles. The molecule has 5 heteroatoms. The number of hydrogen-bond donors (Lipinski definition) is 1. The normalized spacial score (nSPS) is 10.2. The summed E-state index contributed by atoms with van der Waals surface area (Å²) in [4.78, 5) is 6.45. The van der Waals surface area contributed by atoms with Gasteiger partial charge in [0.1, 0.15) is 16.5 Å². The second-order valence-electron chi connectivity index (χ2n) is 4.21. The molecule has 19 heavy (non-hydrogen) atoms. The van der Waals surface area contributed by atoms with Crippen LogP contribution in [0.25, 0.3) is 0 Å². The van der Waals surface area contributed by atoms with Crippen molar-refractivity contribution in [3.63, 3.8) is 0 Å². The third kappa shape index (κ3) is 3.26. The van der Waals surface area contributed by atoms with E-state index >= 15 is 0 Å². The first-order valence-corrected chi connectivity index (χ1v) is 6.19. The van der Waals surface area contributed by atoms with Crippen LogP contribution in [0.3, 0.4) is 0 Å². The quantitative estimate of drug-likeness (QED) is 0.871. The molecule has 0 saturated carbocycles. The molecule has 3 nitrogen and oxygen atoms in total. The molecule has 2 rings (SSSR count). The number of nitrogens with zero attached hydrogens (tertiary/aromatic N) is 2. The number of rotatable bonds is 4. The van der Waals surface area contributed by atoms with E-state index in [1.54, 1.807) is 18.3 Å². The Morgan fingerprint density at radius 2 is 2.00 bits per heavy atom. The fourth-order valence-corrected chi connectivity index (χ4v) is 2.01. The first-order valence-electron chi connectivity index (χ1n) is 5.78. The topological polar surface area (TPSA) is 42.2 Å². The van der Waals surface area contributed by atoms with E-state index in [1.165, 1.54) is 12.1 Å². The fourth-order valence-electron chi connectivity index (χ4n) is 1.83. The van der Waals surface area contributed by atoms with Gasteiger partial charge in [0, 0.05) is 31.0 Å². The smallest absolute Gasteiger partial charge is 0.123 e. The number of thiocarbonyl (C=S) groups is 1. The average molecular weight is 275 g/mol. The Bertz CT molecular complexity index is 583. The van der Waals surface area contributed by atoms with Gasteiger partial charge in [0.15, 0.2) is 0 Å². The van der Waals surface area contributed by atoms with Crippen molar-refractivity contribution < 1.29 is 4.39 Å². The Balaban J connectivity index is 2.21. The standard InChI is InChI=1S/C14H14FN3S/c1-18(12-6-4-11(15)5-7-12)9-10-3-2-8-17-13(10)14(16)19/h2-8H,9H2,1H3,(H2,16,19). The predicted molar refractivity (Wildman–Crippen MR) is 78.6 cm³/mol. The molecule has 0 unspecified atom stereocenters. The highest BCUT2D eigenvalue weighted by Gasteiger charge is 2.09. The van der Waals surface area contributed by atoms with Crippen molar-refractivity contribution in [2.24, 2.45) is 5.73 Å². The molecule has 0 fully saturated rings. The minimum atomic E-state index is -0.248. The number of benzene rings is 1. The molecule has 2 N–H and O–H groups in total. The Kier molecular flexibility index (Phi) is 4.06. The van der Waals surface area contributed by atoms with Gasteiger partial charge in [-0.3, -0.25) is 4.98 Å². The summed E-state index contributed by atoms with van der Waals surface area (Å²) in [5.74, 6) is -0.248. The van der Waals surface area contributed by atoms with Gasteiger partial charge < -0.3 is 10.6 Å². The SMILES string of the molecule is CN(Cc1cccnc1C(N)=S)c1ccc(F)cc1. The highest BCUT2D eigenvalue weighted by molar-refractivity contribution is 7.80. The summed E-state index contributed by atoms with van der Waals surface area (Å²) in [6, 6.07) is 10.1. The molecule has 2 aromatic rings. The van der Waals surface area contributed by atoms with Crippen LogP contribution in [-0.2, 0) is 6.54 Å². The van der Waals surface area contributed by atoms with Crippen LogP contribution in [-0.4, -0.2) is 17.0 Å². The van der Waals surface area contributed by atoms with Crippen molar-refractivity contribution >= 4 is 22.9 Å². The molecule has 0 atom stereocenters. The number of pyridine rings is 1. The summed E-state index contributed by atoms with van der Waals surface area (Å²) in [5.41, 5.74) is 8.14. The molecule has 0 aliphatic carbocycles. The highest BCUT2D eigenvalue weighted by atomic mass is 32.1. The zero-order valence-corrected chi connectivity index (χ0v) is 11.3. The summed E-state index contributed by atoms with van der Waals surface area (Å²) in [6.45, 7) is 0.603. The maximum Gasteiger partial charge on any atom is 0.123 e. The van der Waals surface area contributed by atoms with Gasteiger partial charge in [-0.15, -0.1) is 0 Å². The molecule has 0 bridgehead atoms. The molecule has 1 aromatic heterocycles. The molecule has 0 aliphatic heterocycles. The predicted octanol–water partition coefficient (Wildman–Crippen LogP) is 2.49. The van der Waals surface area contributed by atoms with Gasteiger partial charge in [-0.05, 0) is 30.3 Å². The van der Waals surface area contributed by atoms with Crippen molar-refractivity contribution in [1.29, 1.82) is 0 Å². The van der Waals surface area contributed by atoms with Crippen molar-refractivity contribution in [1.82, 2.24) is 4.98 Å². The van der Waals surface area contributed by atoms with E-state index in [0.717, 1.165) is 11.3 Å². The van der Waals surface area contributed by atoms with Crippen LogP contribution in [0.15, 0.2) is 42.6 Å². The first-order chi connectivity index (χ1) is 9.08. The number of nitrogens with two attached hydrogens (primary N) is 1. The lowest BCUT2D eigenvalue weighted by molar-refractivity contribution is 0.627. The molecule has 0 aliphatic rings. The van der Waals surface area contributed by atoms with E-state index in [1.807, 2.05) is 24.1 Å². The molecular weight excluding hydrogens is 261 g/mol. The Morgan fingerprint density at radius 3 is 2.63 bits per heavy atom. The Morgan fingerprint density at radius 1 is 1.32 bits per heavy atom. The van der Waals surface area contributed by atoms with Crippen LogP contribution >= 0.6 is 12.2 Å². The van der Waals surface area contributed by atoms with Gasteiger partial charge in [-0.1, -0.05) is 18.3 Å². The van der Waals surface area contributed by atoms with Crippen LogP contribution in [0.5, 0.6) is 0 Å². The summed E-state index contributed by atoms with van der Waals surface area (Å²) < 4.78 is 12.9. The lowest BCUT2D eigenvalue weighted by Gasteiger charge is -2.20. The summed E-state index contributed by atoms with van der Waals surface area (Å²) >= 11 is 4.98. The monoisotopic (exact) mass is 275 g/mol. The highest BCUT2D eigenvalue weighted by Crippen LogP contribution is 2.17. The zero-order valence-electron chi connectivity index (χ0n) is 10.5. The second-order valence-corrected chi connectivity index (χ2v) is 4.65. The maximum absolute atomic E-state index is 12.9. The molecule has 0 amide bonds. The van der Waals surface area contributed by atoms with Gasteiger partial charge in [0.05, 0.1) is 0 Å². The van der Waals surface area contributed by atoms with E-state index in [0.29, 0.717) is 12.2 Å². The van der Waals surface area contributed by atoms with Crippen LogP contribution in [0, 0.1) is 5.82 Å². The number of aromatic nitrogens is 1. The van der Waals surface area contributed by atoms with Gasteiger partial charge in [-0.25, -0.2) is 4.39 Å². The Labute approximate surface area is 116 Å². The molecule has 0 saturated heterocycles. The summed E-state index contributed by atoms with van der Waals surface area (Å²) in [7, 11) is 1.92. The van der Waals surface area contributed by atoms with Gasteiger partial charge in [-0.2, -0.15) is 0 Å². The zero-order chi connectivity index (χ0) is 13.8. The maximum atomic E-state index is 12.9. The van der Waals surface area contributed by atoms with E-state index in [9.17, 15) is 4.39 Å². The molecule has 1 heterocycles. The van der Waals surface area contributed by atoms with E-state index in [2.05, 4.69) is 4.98 Å². The molecular formula is C14H14FN3S. The van der Waals surface area contributed by atoms with Crippen LogP contribution in [0.2, 0.25) is 0 Å².